The van der Waals surface area contributed by atoms with E-state index in [1.807, 2.05) is 6.07 Å². The highest BCUT2D eigenvalue weighted by atomic mass is 32.2. The fourth-order valence-electron chi connectivity index (χ4n) is 2.18. The van der Waals surface area contributed by atoms with E-state index in [-0.39, 0.29) is 5.84 Å². The molecule has 0 aromatic carbocycles. The highest BCUT2D eigenvalue weighted by molar-refractivity contribution is 8.01. The fraction of sp³-hybridized carbons (Fsp3) is 0.333. The third-order valence-corrected chi connectivity index (χ3v) is 4.86. The van der Waals surface area contributed by atoms with Crippen LogP contribution in [0.15, 0.2) is 20.9 Å². The second-order valence-corrected chi connectivity index (χ2v) is 6.44. The normalized spacial score (nSPS) is 14.1. The van der Waals surface area contributed by atoms with E-state index >= 15 is 0 Å². The predicted octanol–water partition coefficient (Wildman–Crippen LogP) is 2.25. The lowest BCUT2D eigenvalue weighted by Gasteiger charge is -2.17. The van der Waals surface area contributed by atoms with Crippen LogP contribution in [0.3, 0.4) is 0 Å². The Hall–Kier alpha value is -1.47. The van der Waals surface area contributed by atoms with Crippen LogP contribution in [0.4, 0.5) is 0 Å². The molecule has 2 aromatic heterocycles. The number of hydrogen-bond donors (Lipinski definition) is 2. The van der Waals surface area contributed by atoms with E-state index in [4.69, 9.17) is 16.1 Å². The quantitative estimate of drug-likeness (QED) is 0.669. The van der Waals surface area contributed by atoms with E-state index < -0.39 is 0 Å². The summed E-state index contributed by atoms with van der Waals surface area (Å²) >= 11 is 2.90. The molecule has 2 aromatic rings. The molecule has 1 aliphatic rings. The average molecular weight is 291 g/mol. The Balaban J connectivity index is 2.03. The van der Waals surface area contributed by atoms with Crippen LogP contribution in [0.5, 0.6) is 0 Å². The molecule has 0 saturated carbocycles. The number of rotatable bonds is 3. The Labute approximate surface area is 119 Å². The standard InChI is InChI=1S/C12H13N5S2/c13-10(14)8-5-7-3-1-2-4-9(7)16-11(8)19-12-17-15-6-18-12/h5-6H,1-4H2,(H3,13,14). The second kappa shape index (κ2) is 5.26. The Morgan fingerprint density at radius 2 is 2.21 bits per heavy atom. The van der Waals surface area contributed by atoms with Gasteiger partial charge in [-0.1, -0.05) is 11.3 Å². The SMILES string of the molecule is N=C(N)c1cc2c(nc1Sc1nncs1)CCCC2. The number of aryl methyl sites for hydroxylation is 2. The zero-order chi connectivity index (χ0) is 13.2. The smallest absolute Gasteiger partial charge is 0.180 e. The molecular weight excluding hydrogens is 278 g/mol. The van der Waals surface area contributed by atoms with Gasteiger partial charge in [0, 0.05) is 11.3 Å². The Kier molecular flexibility index (Phi) is 3.48. The van der Waals surface area contributed by atoms with Crippen LogP contribution in [0, 0.1) is 5.41 Å². The minimum atomic E-state index is 0.0629. The van der Waals surface area contributed by atoms with Gasteiger partial charge in [-0.15, -0.1) is 10.2 Å². The number of nitrogen functional groups attached to an aromatic ring is 1. The first-order valence-corrected chi connectivity index (χ1v) is 7.75. The maximum absolute atomic E-state index is 7.71. The summed E-state index contributed by atoms with van der Waals surface area (Å²) in [5, 5.41) is 16.3. The van der Waals surface area contributed by atoms with Crippen LogP contribution in [-0.4, -0.2) is 21.0 Å². The monoisotopic (exact) mass is 291 g/mol. The van der Waals surface area contributed by atoms with Crippen molar-refractivity contribution >= 4 is 28.9 Å². The van der Waals surface area contributed by atoms with Crippen molar-refractivity contribution < 1.29 is 0 Å². The molecule has 0 radical (unpaired) electrons. The van der Waals surface area contributed by atoms with Crippen molar-refractivity contribution in [2.24, 2.45) is 5.73 Å². The number of aromatic nitrogens is 3. The number of pyridine rings is 1. The molecular formula is C12H13N5S2. The Morgan fingerprint density at radius 3 is 2.95 bits per heavy atom. The van der Waals surface area contributed by atoms with E-state index in [2.05, 4.69) is 10.2 Å². The third-order valence-electron chi connectivity index (χ3n) is 3.08. The van der Waals surface area contributed by atoms with Gasteiger partial charge in [-0.25, -0.2) is 4.98 Å². The first kappa shape index (κ1) is 12.6. The fourth-order valence-corrected chi connectivity index (χ4v) is 3.70. The van der Waals surface area contributed by atoms with Crippen LogP contribution in [-0.2, 0) is 12.8 Å². The van der Waals surface area contributed by atoms with Crippen LogP contribution in [0.1, 0.15) is 29.7 Å². The molecule has 0 fully saturated rings. The van der Waals surface area contributed by atoms with E-state index in [0.29, 0.717) is 5.56 Å². The van der Waals surface area contributed by atoms with Gasteiger partial charge in [0.05, 0.1) is 0 Å². The number of fused-ring (bicyclic) bond motifs is 1. The number of nitrogens with two attached hydrogens (primary N) is 1. The first-order chi connectivity index (χ1) is 9.24. The summed E-state index contributed by atoms with van der Waals surface area (Å²) in [5.74, 6) is 0.0629. The summed E-state index contributed by atoms with van der Waals surface area (Å²) in [6, 6.07) is 2.02. The number of nitrogens with one attached hydrogen (secondary N) is 1. The molecule has 98 valence electrons. The van der Waals surface area contributed by atoms with Crippen molar-refractivity contribution in [3.63, 3.8) is 0 Å². The van der Waals surface area contributed by atoms with Crippen molar-refractivity contribution in [2.45, 2.75) is 35.0 Å². The molecule has 19 heavy (non-hydrogen) atoms. The van der Waals surface area contributed by atoms with Crippen LogP contribution >= 0.6 is 23.1 Å². The van der Waals surface area contributed by atoms with Crippen LogP contribution in [0.25, 0.3) is 0 Å². The Bertz CT molecular complexity index is 609. The van der Waals surface area contributed by atoms with E-state index in [1.165, 1.54) is 41.5 Å². The van der Waals surface area contributed by atoms with Gasteiger partial charge < -0.3 is 5.73 Å². The maximum atomic E-state index is 7.71. The summed E-state index contributed by atoms with van der Waals surface area (Å²) in [4.78, 5) is 4.69. The van der Waals surface area contributed by atoms with Gasteiger partial charge in [0.2, 0.25) is 0 Å². The van der Waals surface area contributed by atoms with Crippen molar-refractivity contribution in [1.82, 2.24) is 15.2 Å². The largest absolute Gasteiger partial charge is 0.384 e. The molecule has 5 nitrogen and oxygen atoms in total. The van der Waals surface area contributed by atoms with Gasteiger partial charge >= 0.3 is 0 Å². The molecule has 3 N–H and O–H groups in total. The minimum absolute atomic E-state index is 0.0629. The third kappa shape index (κ3) is 2.62. The molecule has 0 saturated heterocycles. The molecule has 3 rings (SSSR count). The van der Waals surface area contributed by atoms with Crippen molar-refractivity contribution in [3.8, 4) is 0 Å². The summed E-state index contributed by atoms with van der Waals surface area (Å²) in [6.07, 6.45) is 4.42. The molecule has 0 bridgehead atoms. The van der Waals surface area contributed by atoms with Crippen molar-refractivity contribution in [2.75, 3.05) is 0 Å². The van der Waals surface area contributed by atoms with Gasteiger partial charge in [0.25, 0.3) is 0 Å². The van der Waals surface area contributed by atoms with E-state index in [1.54, 1.807) is 5.51 Å². The van der Waals surface area contributed by atoms with Crippen molar-refractivity contribution in [3.05, 3.63) is 28.4 Å². The van der Waals surface area contributed by atoms with Gasteiger partial charge in [-0.3, -0.25) is 5.41 Å². The molecule has 7 heteroatoms. The zero-order valence-corrected chi connectivity index (χ0v) is 11.9. The molecule has 0 atom stereocenters. The summed E-state index contributed by atoms with van der Waals surface area (Å²) in [7, 11) is 0. The van der Waals surface area contributed by atoms with Gasteiger partial charge in [-0.05, 0) is 49.1 Å². The van der Waals surface area contributed by atoms with Crippen molar-refractivity contribution in [1.29, 1.82) is 5.41 Å². The highest BCUT2D eigenvalue weighted by Crippen LogP contribution is 2.32. The first-order valence-electron chi connectivity index (χ1n) is 6.05. The van der Waals surface area contributed by atoms with E-state index in [9.17, 15) is 0 Å². The Morgan fingerprint density at radius 1 is 1.37 bits per heavy atom. The summed E-state index contributed by atoms with van der Waals surface area (Å²) in [6.45, 7) is 0. The van der Waals surface area contributed by atoms with E-state index in [0.717, 1.165) is 27.9 Å². The van der Waals surface area contributed by atoms with Crippen LogP contribution < -0.4 is 5.73 Å². The lowest BCUT2D eigenvalue weighted by atomic mass is 9.95. The molecule has 2 heterocycles. The second-order valence-electron chi connectivity index (χ2n) is 4.37. The number of nitrogens with zero attached hydrogens (tertiary/aromatic N) is 3. The minimum Gasteiger partial charge on any atom is -0.384 e. The van der Waals surface area contributed by atoms with Gasteiger partial charge in [0.1, 0.15) is 16.4 Å². The predicted molar refractivity (Wildman–Crippen MR) is 75.9 cm³/mol. The van der Waals surface area contributed by atoms with Crippen LogP contribution in [0.2, 0.25) is 0 Å². The lowest BCUT2D eigenvalue weighted by molar-refractivity contribution is 0.660. The topological polar surface area (TPSA) is 88.5 Å². The van der Waals surface area contributed by atoms with Gasteiger partial charge in [0.15, 0.2) is 4.34 Å². The molecule has 0 unspecified atom stereocenters. The number of hydrogen-bond acceptors (Lipinski definition) is 6. The zero-order valence-electron chi connectivity index (χ0n) is 10.2. The lowest BCUT2D eigenvalue weighted by Crippen LogP contribution is -2.16. The average Bonchev–Trinajstić information content (AvgIpc) is 2.90. The molecule has 0 spiro atoms. The molecule has 0 aliphatic heterocycles. The maximum Gasteiger partial charge on any atom is 0.180 e. The summed E-state index contributed by atoms with van der Waals surface area (Å²) in [5.41, 5.74) is 10.4. The molecule has 1 aliphatic carbocycles. The van der Waals surface area contributed by atoms with Gasteiger partial charge in [-0.2, -0.15) is 0 Å². The number of amidine groups is 1. The summed E-state index contributed by atoms with van der Waals surface area (Å²) < 4.78 is 0.825. The molecule has 0 amide bonds. The highest BCUT2D eigenvalue weighted by Gasteiger charge is 2.18.